The van der Waals surface area contributed by atoms with Crippen LogP contribution in [0, 0.1) is 6.92 Å². The van der Waals surface area contributed by atoms with Gasteiger partial charge >= 0.3 is 5.97 Å². The minimum Gasteiger partial charge on any atom is -0.506 e. The molecule has 0 spiro atoms. The molecule has 0 amide bonds. The first-order chi connectivity index (χ1) is 6.43. The van der Waals surface area contributed by atoms with Crippen molar-refractivity contribution in [3.63, 3.8) is 0 Å². The maximum Gasteiger partial charge on any atom is 0.325 e. The Morgan fingerprint density at radius 1 is 1.57 bits per heavy atom. The molecule has 1 aromatic carbocycles. The van der Waals surface area contributed by atoms with Crippen molar-refractivity contribution in [1.82, 2.24) is 0 Å². The molecule has 0 saturated carbocycles. The molecule has 0 aliphatic carbocycles. The summed E-state index contributed by atoms with van der Waals surface area (Å²) < 4.78 is 0.448. The number of rotatable bonds is 2. The maximum absolute atomic E-state index is 10.6. The van der Waals surface area contributed by atoms with E-state index in [1.807, 2.05) is 0 Å². The third-order valence-electron chi connectivity index (χ3n) is 1.90. The average Bonchev–Trinajstić information content (AvgIpc) is 2.12. The Hall–Kier alpha value is -1.07. The lowest BCUT2D eigenvalue weighted by Gasteiger charge is -2.10. The number of phenolic OH excluding ortho intramolecular Hbond substituents is 1. The molecular formula is C9H10BrNO3. The summed E-state index contributed by atoms with van der Waals surface area (Å²) in [4.78, 5) is 10.6. The number of aromatic hydroxyl groups is 1. The zero-order valence-electron chi connectivity index (χ0n) is 7.49. The molecule has 0 radical (unpaired) electrons. The molecule has 1 aromatic rings. The van der Waals surface area contributed by atoms with Gasteiger partial charge in [0.25, 0.3) is 0 Å². The monoisotopic (exact) mass is 259 g/mol. The molecule has 0 saturated heterocycles. The summed E-state index contributed by atoms with van der Waals surface area (Å²) in [6.45, 7) is 1.68. The van der Waals surface area contributed by atoms with Crippen molar-refractivity contribution in [1.29, 1.82) is 0 Å². The normalized spacial score (nSPS) is 12.5. The van der Waals surface area contributed by atoms with E-state index in [9.17, 15) is 9.90 Å². The van der Waals surface area contributed by atoms with E-state index in [2.05, 4.69) is 15.9 Å². The number of carbonyl (C=O) groups is 1. The van der Waals surface area contributed by atoms with Gasteiger partial charge in [-0.3, -0.25) is 4.79 Å². The van der Waals surface area contributed by atoms with Crippen molar-refractivity contribution in [2.75, 3.05) is 0 Å². The molecule has 4 nitrogen and oxygen atoms in total. The van der Waals surface area contributed by atoms with E-state index in [1.54, 1.807) is 13.0 Å². The predicted octanol–water partition coefficient (Wildman–Crippen LogP) is 1.55. The minimum atomic E-state index is -1.10. The van der Waals surface area contributed by atoms with Crippen LogP contribution in [0.2, 0.25) is 0 Å². The van der Waals surface area contributed by atoms with Crippen LogP contribution in [0.4, 0.5) is 0 Å². The third-order valence-corrected chi connectivity index (χ3v) is 2.51. The quantitative estimate of drug-likeness (QED) is 0.753. The van der Waals surface area contributed by atoms with Gasteiger partial charge in [0.2, 0.25) is 0 Å². The fourth-order valence-electron chi connectivity index (χ4n) is 1.09. The van der Waals surface area contributed by atoms with Crippen molar-refractivity contribution in [3.05, 3.63) is 27.7 Å². The Kier molecular flexibility index (Phi) is 3.13. The minimum absolute atomic E-state index is 0.103. The van der Waals surface area contributed by atoms with Crippen LogP contribution in [0.25, 0.3) is 0 Å². The Labute approximate surface area is 89.5 Å². The summed E-state index contributed by atoms with van der Waals surface area (Å²) in [6.07, 6.45) is 0. The molecule has 5 heteroatoms. The van der Waals surface area contributed by atoms with Crippen LogP contribution >= 0.6 is 15.9 Å². The molecule has 14 heavy (non-hydrogen) atoms. The lowest BCUT2D eigenvalue weighted by molar-refractivity contribution is -0.138. The van der Waals surface area contributed by atoms with Crippen LogP contribution in [-0.2, 0) is 4.79 Å². The van der Waals surface area contributed by atoms with Gasteiger partial charge in [0.15, 0.2) is 0 Å². The number of phenols is 1. The SMILES string of the molecule is Cc1cc(C(N)C(=O)O)cc(Br)c1O. The molecule has 1 atom stereocenters. The van der Waals surface area contributed by atoms with Gasteiger partial charge in [0.05, 0.1) is 4.47 Å². The number of benzene rings is 1. The zero-order valence-corrected chi connectivity index (χ0v) is 9.08. The summed E-state index contributed by atoms with van der Waals surface area (Å²) in [5, 5.41) is 18.1. The topological polar surface area (TPSA) is 83.6 Å². The number of hydrogen-bond donors (Lipinski definition) is 3. The van der Waals surface area contributed by atoms with E-state index >= 15 is 0 Å². The van der Waals surface area contributed by atoms with Gasteiger partial charge in [-0.1, -0.05) is 6.07 Å². The number of hydrogen-bond acceptors (Lipinski definition) is 3. The first-order valence-corrected chi connectivity index (χ1v) is 4.70. The van der Waals surface area contributed by atoms with E-state index < -0.39 is 12.0 Å². The highest BCUT2D eigenvalue weighted by Gasteiger charge is 2.16. The van der Waals surface area contributed by atoms with Gasteiger partial charge in [0, 0.05) is 0 Å². The van der Waals surface area contributed by atoms with Gasteiger partial charge in [-0.25, -0.2) is 0 Å². The van der Waals surface area contributed by atoms with Gasteiger partial charge in [-0.2, -0.15) is 0 Å². The molecule has 76 valence electrons. The molecule has 1 rings (SSSR count). The molecule has 1 unspecified atom stereocenters. The molecule has 4 N–H and O–H groups in total. The van der Waals surface area contributed by atoms with Crippen LogP contribution in [0.1, 0.15) is 17.2 Å². The van der Waals surface area contributed by atoms with Crippen molar-refractivity contribution >= 4 is 21.9 Å². The van der Waals surface area contributed by atoms with E-state index in [0.717, 1.165) is 0 Å². The lowest BCUT2D eigenvalue weighted by atomic mass is 10.0. The Morgan fingerprint density at radius 2 is 2.14 bits per heavy atom. The maximum atomic E-state index is 10.6. The van der Waals surface area contributed by atoms with E-state index in [-0.39, 0.29) is 5.75 Å². The summed E-state index contributed by atoms with van der Waals surface area (Å²) in [5.41, 5.74) is 6.47. The van der Waals surface area contributed by atoms with E-state index in [4.69, 9.17) is 10.8 Å². The summed E-state index contributed by atoms with van der Waals surface area (Å²) in [5.74, 6) is -0.992. The van der Waals surface area contributed by atoms with Gasteiger partial charge in [0.1, 0.15) is 11.8 Å². The first-order valence-electron chi connectivity index (χ1n) is 3.91. The van der Waals surface area contributed by atoms with Crippen molar-refractivity contribution in [2.24, 2.45) is 5.73 Å². The van der Waals surface area contributed by atoms with Crippen LogP contribution in [0.3, 0.4) is 0 Å². The van der Waals surface area contributed by atoms with E-state index in [1.165, 1.54) is 6.07 Å². The number of carboxylic acids is 1. The average molecular weight is 260 g/mol. The number of nitrogens with two attached hydrogens (primary N) is 1. The number of halogens is 1. The highest BCUT2D eigenvalue weighted by Crippen LogP contribution is 2.30. The smallest absolute Gasteiger partial charge is 0.325 e. The number of aliphatic carboxylic acids is 1. The molecule has 0 heterocycles. The molecule has 0 bridgehead atoms. The van der Waals surface area contributed by atoms with Gasteiger partial charge in [-0.15, -0.1) is 0 Å². The summed E-state index contributed by atoms with van der Waals surface area (Å²) in [7, 11) is 0. The van der Waals surface area contributed by atoms with E-state index in [0.29, 0.717) is 15.6 Å². The Balaban J connectivity index is 3.19. The summed E-state index contributed by atoms with van der Waals surface area (Å²) in [6, 6.07) is 1.99. The molecule has 0 aliphatic rings. The predicted molar refractivity (Wildman–Crippen MR) is 55.1 cm³/mol. The number of aryl methyl sites for hydroxylation is 1. The second-order valence-corrected chi connectivity index (χ2v) is 3.84. The second kappa shape index (κ2) is 3.98. The third kappa shape index (κ3) is 2.05. The Morgan fingerprint density at radius 3 is 2.57 bits per heavy atom. The highest BCUT2D eigenvalue weighted by molar-refractivity contribution is 9.10. The van der Waals surface area contributed by atoms with Gasteiger partial charge < -0.3 is 15.9 Å². The van der Waals surface area contributed by atoms with Crippen molar-refractivity contribution < 1.29 is 15.0 Å². The fourth-order valence-corrected chi connectivity index (χ4v) is 1.66. The van der Waals surface area contributed by atoms with Crippen molar-refractivity contribution in [3.8, 4) is 5.75 Å². The molecule has 0 aromatic heterocycles. The lowest BCUT2D eigenvalue weighted by Crippen LogP contribution is -2.20. The highest BCUT2D eigenvalue weighted by atomic mass is 79.9. The largest absolute Gasteiger partial charge is 0.506 e. The van der Waals surface area contributed by atoms with Crippen LogP contribution in [-0.4, -0.2) is 16.2 Å². The van der Waals surface area contributed by atoms with Crippen LogP contribution in [0.15, 0.2) is 16.6 Å². The molecule has 0 fully saturated rings. The standard InChI is InChI=1S/C9H10BrNO3/c1-4-2-5(7(11)9(13)14)3-6(10)8(4)12/h2-3,7,12H,11H2,1H3,(H,13,14). The zero-order chi connectivity index (χ0) is 10.9. The van der Waals surface area contributed by atoms with Gasteiger partial charge in [-0.05, 0) is 40.0 Å². The fraction of sp³-hybridized carbons (Fsp3) is 0.222. The second-order valence-electron chi connectivity index (χ2n) is 2.98. The number of carboxylic acid groups (broad SMARTS) is 1. The molecule has 0 aliphatic heterocycles. The van der Waals surface area contributed by atoms with Crippen LogP contribution < -0.4 is 5.73 Å². The van der Waals surface area contributed by atoms with Crippen molar-refractivity contribution in [2.45, 2.75) is 13.0 Å². The first kappa shape index (κ1) is 11.0. The van der Waals surface area contributed by atoms with Crippen LogP contribution in [0.5, 0.6) is 5.75 Å². The summed E-state index contributed by atoms with van der Waals surface area (Å²) >= 11 is 3.12. The Bertz CT molecular complexity index is 355. The molecular weight excluding hydrogens is 250 g/mol.